The van der Waals surface area contributed by atoms with Crippen molar-refractivity contribution in [2.45, 2.75) is 6.42 Å². The molecule has 0 bridgehead atoms. The Morgan fingerprint density at radius 3 is 2.84 bits per heavy atom. The van der Waals surface area contributed by atoms with Crippen LogP contribution in [0.1, 0.15) is 4.88 Å². The fourth-order valence-electron chi connectivity index (χ4n) is 3.81. The summed E-state index contributed by atoms with van der Waals surface area (Å²) in [6.45, 7) is 4.45. The first-order valence-corrected chi connectivity index (χ1v) is 11.7. The van der Waals surface area contributed by atoms with Crippen LogP contribution in [-0.4, -0.2) is 47.7 Å². The fraction of sp³-hybridized carbons (Fsp3) is 0.250. The molecule has 0 radical (unpaired) electrons. The summed E-state index contributed by atoms with van der Waals surface area (Å²) in [6.07, 6.45) is 4.31. The Bertz CT molecular complexity index is 1240. The number of fused-ring (bicyclic) bond motifs is 1. The average Bonchev–Trinajstić information content (AvgIpc) is 3.23. The van der Waals surface area contributed by atoms with Crippen LogP contribution in [-0.2, 0) is 11.2 Å². The van der Waals surface area contributed by atoms with Crippen molar-refractivity contribution in [2.24, 2.45) is 0 Å². The first-order chi connectivity index (χ1) is 15.7. The second kappa shape index (κ2) is 9.50. The molecule has 1 fully saturated rings. The Labute approximate surface area is 194 Å². The van der Waals surface area contributed by atoms with E-state index in [0.29, 0.717) is 0 Å². The second-order valence-corrected chi connectivity index (χ2v) is 9.25. The minimum absolute atomic E-state index is 0.106. The zero-order valence-corrected chi connectivity index (χ0v) is 18.9. The molecule has 1 aliphatic rings. The smallest absolute Gasteiger partial charge is 0.141 e. The van der Waals surface area contributed by atoms with Gasteiger partial charge >= 0.3 is 0 Å². The van der Waals surface area contributed by atoms with E-state index in [1.165, 1.54) is 10.9 Å². The first kappa shape index (κ1) is 21.3. The van der Waals surface area contributed by atoms with E-state index in [4.69, 9.17) is 16.3 Å². The third-order valence-electron chi connectivity index (χ3n) is 5.56. The van der Waals surface area contributed by atoms with E-state index < -0.39 is 5.82 Å². The Kier molecular flexibility index (Phi) is 6.32. The van der Waals surface area contributed by atoms with Gasteiger partial charge in [0.25, 0.3) is 0 Å². The molecular formula is C24H22ClFN4OS. The quantitative estimate of drug-likeness (QED) is 0.389. The van der Waals surface area contributed by atoms with Gasteiger partial charge in [-0.25, -0.2) is 14.4 Å². The van der Waals surface area contributed by atoms with Crippen LogP contribution in [0.5, 0.6) is 0 Å². The predicted octanol–water partition coefficient (Wildman–Crippen LogP) is 5.77. The molecule has 0 amide bonds. The van der Waals surface area contributed by atoms with Crippen molar-refractivity contribution < 1.29 is 9.13 Å². The number of morpholine rings is 1. The van der Waals surface area contributed by atoms with Gasteiger partial charge in [0.2, 0.25) is 0 Å². The number of thiophene rings is 1. The summed E-state index contributed by atoms with van der Waals surface area (Å²) in [4.78, 5) is 13.3. The highest BCUT2D eigenvalue weighted by Crippen LogP contribution is 2.38. The minimum Gasteiger partial charge on any atom is -0.379 e. The van der Waals surface area contributed by atoms with E-state index in [-0.39, 0.29) is 5.02 Å². The van der Waals surface area contributed by atoms with E-state index in [9.17, 15) is 4.39 Å². The van der Waals surface area contributed by atoms with Crippen molar-refractivity contribution in [3.8, 4) is 10.4 Å². The number of nitrogens with zero attached hydrogens (tertiary/aromatic N) is 3. The summed E-state index contributed by atoms with van der Waals surface area (Å²) >= 11 is 7.76. The van der Waals surface area contributed by atoms with E-state index in [1.54, 1.807) is 29.8 Å². The molecule has 2 aromatic carbocycles. The zero-order chi connectivity index (χ0) is 21.9. The van der Waals surface area contributed by atoms with Crippen LogP contribution in [0.15, 0.2) is 55.0 Å². The number of benzene rings is 2. The third kappa shape index (κ3) is 4.76. The van der Waals surface area contributed by atoms with Gasteiger partial charge in [-0.3, -0.25) is 4.90 Å². The van der Waals surface area contributed by atoms with Gasteiger partial charge in [-0.15, -0.1) is 11.3 Å². The highest BCUT2D eigenvalue weighted by molar-refractivity contribution is 7.16. The van der Waals surface area contributed by atoms with E-state index in [1.807, 2.05) is 12.3 Å². The van der Waals surface area contributed by atoms with Crippen molar-refractivity contribution >= 4 is 45.2 Å². The number of hydrogen-bond donors (Lipinski definition) is 1. The summed E-state index contributed by atoms with van der Waals surface area (Å²) in [5.74, 6) is -0.422. The van der Waals surface area contributed by atoms with Crippen LogP contribution in [0.2, 0.25) is 5.02 Å². The van der Waals surface area contributed by atoms with Gasteiger partial charge in [-0.1, -0.05) is 17.7 Å². The Morgan fingerprint density at radius 2 is 2.00 bits per heavy atom. The number of ether oxygens (including phenoxy) is 1. The number of anilines is 2. The fourth-order valence-corrected chi connectivity index (χ4v) is 5.10. The predicted molar refractivity (Wildman–Crippen MR) is 129 cm³/mol. The maximum absolute atomic E-state index is 13.6. The van der Waals surface area contributed by atoms with Gasteiger partial charge in [0.05, 0.1) is 29.4 Å². The first-order valence-electron chi connectivity index (χ1n) is 10.5. The average molecular weight is 469 g/mol. The van der Waals surface area contributed by atoms with Crippen LogP contribution in [0.4, 0.5) is 15.8 Å². The van der Waals surface area contributed by atoms with E-state index >= 15 is 0 Å². The van der Waals surface area contributed by atoms with E-state index in [2.05, 4.69) is 38.4 Å². The van der Waals surface area contributed by atoms with Crippen molar-refractivity contribution in [3.05, 3.63) is 70.7 Å². The number of aromatic nitrogens is 2. The lowest BCUT2D eigenvalue weighted by Gasteiger charge is -2.26. The maximum atomic E-state index is 13.6. The molecule has 5 rings (SSSR count). The molecule has 5 nitrogen and oxygen atoms in total. The topological polar surface area (TPSA) is 50.3 Å². The largest absolute Gasteiger partial charge is 0.379 e. The zero-order valence-electron chi connectivity index (χ0n) is 17.4. The molecule has 1 saturated heterocycles. The van der Waals surface area contributed by atoms with Gasteiger partial charge < -0.3 is 10.1 Å². The van der Waals surface area contributed by atoms with Crippen LogP contribution in [0.3, 0.4) is 0 Å². The number of hydrogen-bond acceptors (Lipinski definition) is 6. The molecule has 0 atom stereocenters. The molecule has 0 saturated carbocycles. The SMILES string of the molecule is Fc1ccc(Nc2cc(-c3ccc4ncncc4c3)sc2CCN2CCOCC2)cc1Cl. The van der Waals surface area contributed by atoms with Crippen LogP contribution in [0.25, 0.3) is 21.3 Å². The van der Waals surface area contributed by atoms with Crippen molar-refractivity contribution in [3.63, 3.8) is 0 Å². The number of rotatable bonds is 6. The molecule has 1 aliphatic heterocycles. The highest BCUT2D eigenvalue weighted by Gasteiger charge is 2.15. The Balaban J connectivity index is 1.45. The van der Waals surface area contributed by atoms with Gasteiger partial charge in [0.15, 0.2) is 0 Å². The maximum Gasteiger partial charge on any atom is 0.141 e. The second-order valence-electron chi connectivity index (χ2n) is 7.70. The molecule has 8 heteroatoms. The molecule has 2 aromatic heterocycles. The van der Waals surface area contributed by atoms with Gasteiger partial charge in [-0.2, -0.15) is 0 Å². The molecule has 0 aliphatic carbocycles. The summed E-state index contributed by atoms with van der Waals surface area (Å²) in [5.41, 5.74) is 3.83. The van der Waals surface area contributed by atoms with Crippen LogP contribution in [0, 0.1) is 5.82 Å². The molecule has 0 spiro atoms. The Hall–Kier alpha value is -2.58. The van der Waals surface area contributed by atoms with E-state index in [0.717, 1.165) is 72.0 Å². The van der Waals surface area contributed by atoms with Gasteiger partial charge in [0, 0.05) is 46.7 Å². The monoisotopic (exact) mass is 468 g/mol. The van der Waals surface area contributed by atoms with Crippen molar-refractivity contribution in [1.82, 2.24) is 14.9 Å². The molecule has 1 N–H and O–H groups in total. The number of nitrogens with one attached hydrogen (secondary N) is 1. The van der Waals surface area contributed by atoms with Crippen molar-refractivity contribution in [1.29, 1.82) is 0 Å². The van der Waals surface area contributed by atoms with Crippen LogP contribution < -0.4 is 5.32 Å². The molecule has 164 valence electrons. The van der Waals surface area contributed by atoms with Crippen molar-refractivity contribution in [2.75, 3.05) is 38.2 Å². The normalized spacial score (nSPS) is 14.7. The summed E-state index contributed by atoms with van der Waals surface area (Å²) in [7, 11) is 0. The lowest BCUT2D eigenvalue weighted by atomic mass is 10.1. The Morgan fingerprint density at radius 1 is 1.12 bits per heavy atom. The summed E-state index contributed by atoms with van der Waals surface area (Å²) in [6, 6.07) is 13.1. The number of halogens is 2. The summed E-state index contributed by atoms with van der Waals surface area (Å²) < 4.78 is 19.1. The third-order valence-corrected chi connectivity index (χ3v) is 7.09. The minimum atomic E-state index is -0.422. The lowest BCUT2D eigenvalue weighted by Crippen LogP contribution is -2.37. The van der Waals surface area contributed by atoms with Gasteiger partial charge in [0.1, 0.15) is 12.1 Å². The molecule has 3 heterocycles. The molecule has 0 unspecified atom stereocenters. The standard InChI is InChI=1S/C24H22ClFN4OS/c25-19-12-18(2-3-20(19)26)29-22-13-24(16-1-4-21-17(11-16)14-27-15-28-21)32-23(22)5-6-30-7-9-31-10-8-30/h1-4,11-15,29H,5-10H2. The van der Waals surface area contributed by atoms with Crippen LogP contribution >= 0.6 is 22.9 Å². The highest BCUT2D eigenvalue weighted by atomic mass is 35.5. The molecule has 32 heavy (non-hydrogen) atoms. The molecular weight excluding hydrogens is 447 g/mol. The van der Waals surface area contributed by atoms with Gasteiger partial charge in [-0.05, 0) is 48.4 Å². The lowest BCUT2D eigenvalue weighted by molar-refractivity contribution is 0.0385. The molecule has 4 aromatic rings. The summed E-state index contributed by atoms with van der Waals surface area (Å²) in [5, 5.41) is 4.56.